The number of carbonyl (C=O) groups excluding carboxylic acids is 1. The standard InChI is InChI=1S/C22H19ClFN3O/c1-16-13-17(7-12-21(16)24)14-25-26-22(28)15-27(19-5-3-2-4-6-19)20-10-8-18(23)9-11-20/h2-14H,15H2,1H3,(H,26,28)/b25-14+. The molecule has 0 atom stereocenters. The lowest BCUT2D eigenvalue weighted by Gasteiger charge is -2.24. The van der Waals surface area contributed by atoms with Crippen molar-refractivity contribution in [2.75, 3.05) is 11.4 Å². The predicted molar refractivity (Wildman–Crippen MR) is 112 cm³/mol. The second-order valence-corrected chi connectivity index (χ2v) is 6.64. The molecule has 142 valence electrons. The van der Waals surface area contributed by atoms with E-state index in [-0.39, 0.29) is 18.3 Å². The molecule has 0 unspecified atom stereocenters. The largest absolute Gasteiger partial charge is 0.332 e. The van der Waals surface area contributed by atoms with E-state index in [0.29, 0.717) is 16.1 Å². The van der Waals surface area contributed by atoms with Crippen LogP contribution in [0.1, 0.15) is 11.1 Å². The molecule has 6 heteroatoms. The molecule has 0 aliphatic carbocycles. The number of nitrogens with zero attached hydrogens (tertiary/aromatic N) is 2. The van der Waals surface area contributed by atoms with E-state index in [1.54, 1.807) is 31.2 Å². The van der Waals surface area contributed by atoms with E-state index < -0.39 is 0 Å². The maximum Gasteiger partial charge on any atom is 0.260 e. The highest BCUT2D eigenvalue weighted by Crippen LogP contribution is 2.26. The first kappa shape index (κ1) is 19.6. The van der Waals surface area contributed by atoms with Crippen LogP contribution in [0.25, 0.3) is 0 Å². The second-order valence-electron chi connectivity index (χ2n) is 6.20. The van der Waals surface area contributed by atoms with Gasteiger partial charge in [-0.1, -0.05) is 35.9 Å². The maximum atomic E-state index is 13.3. The van der Waals surface area contributed by atoms with Gasteiger partial charge in [0.05, 0.1) is 6.21 Å². The maximum absolute atomic E-state index is 13.3. The molecule has 0 bridgehead atoms. The molecule has 0 aliphatic rings. The van der Waals surface area contributed by atoms with Crippen molar-refractivity contribution in [1.29, 1.82) is 0 Å². The second kappa shape index (κ2) is 9.15. The van der Waals surface area contributed by atoms with Gasteiger partial charge in [-0.15, -0.1) is 0 Å². The van der Waals surface area contributed by atoms with E-state index in [1.807, 2.05) is 47.4 Å². The lowest BCUT2D eigenvalue weighted by molar-refractivity contribution is -0.119. The molecule has 0 fully saturated rings. The van der Waals surface area contributed by atoms with Crippen molar-refractivity contribution in [3.05, 3.63) is 94.8 Å². The van der Waals surface area contributed by atoms with Gasteiger partial charge in [-0.2, -0.15) is 5.10 Å². The number of anilines is 2. The van der Waals surface area contributed by atoms with Gasteiger partial charge in [-0.05, 0) is 66.6 Å². The first-order valence-electron chi connectivity index (χ1n) is 8.69. The highest BCUT2D eigenvalue weighted by atomic mass is 35.5. The van der Waals surface area contributed by atoms with Crippen molar-refractivity contribution >= 4 is 35.1 Å². The Balaban J connectivity index is 1.71. The summed E-state index contributed by atoms with van der Waals surface area (Å²) >= 11 is 5.98. The third kappa shape index (κ3) is 5.18. The third-order valence-corrected chi connectivity index (χ3v) is 4.34. The lowest BCUT2D eigenvalue weighted by Crippen LogP contribution is -2.32. The van der Waals surface area contributed by atoms with Crippen LogP contribution in [0.5, 0.6) is 0 Å². The summed E-state index contributed by atoms with van der Waals surface area (Å²) in [4.78, 5) is 14.3. The topological polar surface area (TPSA) is 44.7 Å². The molecule has 3 aromatic rings. The van der Waals surface area contributed by atoms with Gasteiger partial charge < -0.3 is 4.90 Å². The number of nitrogens with one attached hydrogen (secondary N) is 1. The normalized spacial score (nSPS) is 10.8. The predicted octanol–water partition coefficient (Wildman–Crippen LogP) is 5.08. The highest BCUT2D eigenvalue weighted by Gasteiger charge is 2.13. The van der Waals surface area contributed by atoms with Gasteiger partial charge in [-0.25, -0.2) is 9.82 Å². The Morgan fingerprint density at radius 3 is 2.43 bits per heavy atom. The van der Waals surface area contributed by atoms with Crippen LogP contribution in [0.2, 0.25) is 5.02 Å². The van der Waals surface area contributed by atoms with Crippen LogP contribution in [0.15, 0.2) is 77.9 Å². The van der Waals surface area contributed by atoms with Crippen LogP contribution in [0.4, 0.5) is 15.8 Å². The summed E-state index contributed by atoms with van der Waals surface area (Å²) in [6, 6.07) is 21.5. The smallest absolute Gasteiger partial charge is 0.260 e. The fraction of sp³-hybridized carbons (Fsp3) is 0.0909. The minimum absolute atomic E-state index is 0.0748. The molecule has 1 amide bonds. The number of hydrazone groups is 1. The summed E-state index contributed by atoms with van der Waals surface area (Å²) in [7, 11) is 0. The van der Waals surface area contributed by atoms with Crippen LogP contribution in [-0.4, -0.2) is 18.7 Å². The van der Waals surface area contributed by atoms with Crippen LogP contribution in [-0.2, 0) is 4.79 Å². The molecule has 0 heterocycles. The molecular weight excluding hydrogens is 377 g/mol. The number of rotatable bonds is 6. The summed E-state index contributed by atoms with van der Waals surface area (Å²) < 4.78 is 13.3. The van der Waals surface area contributed by atoms with Crippen LogP contribution in [0.3, 0.4) is 0 Å². The van der Waals surface area contributed by atoms with Crippen molar-refractivity contribution in [1.82, 2.24) is 5.43 Å². The van der Waals surface area contributed by atoms with E-state index in [4.69, 9.17) is 11.6 Å². The Bertz CT molecular complexity index is 975. The summed E-state index contributed by atoms with van der Waals surface area (Å²) in [5, 5.41) is 4.60. The molecule has 0 spiro atoms. The van der Waals surface area contributed by atoms with E-state index in [1.165, 1.54) is 12.3 Å². The van der Waals surface area contributed by atoms with E-state index >= 15 is 0 Å². The summed E-state index contributed by atoms with van der Waals surface area (Å²) in [6.07, 6.45) is 1.49. The summed E-state index contributed by atoms with van der Waals surface area (Å²) in [5.74, 6) is -0.559. The monoisotopic (exact) mass is 395 g/mol. The van der Waals surface area contributed by atoms with Crippen LogP contribution >= 0.6 is 11.6 Å². The summed E-state index contributed by atoms with van der Waals surface area (Å²) in [5.41, 5.74) is 5.45. The molecule has 0 radical (unpaired) electrons. The first-order chi connectivity index (χ1) is 13.5. The third-order valence-electron chi connectivity index (χ3n) is 4.09. The highest BCUT2D eigenvalue weighted by molar-refractivity contribution is 6.30. The van der Waals surface area contributed by atoms with Gasteiger partial charge in [0.2, 0.25) is 0 Å². The number of hydrogen-bond donors (Lipinski definition) is 1. The SMILES string of the molecule is Cc1cc(/C=N/NC(=O)CN(c2ccccc2)c2ccc(Cl)cc2)ccc1F. The van der Waals surface area contributed by atoms with Crippen molar-refractivity contribution in [2.24, 2.45) is 5.10 Å². The van der Waals surface area contributed by atoms with Gasteiger partial charge in [0, 0.05) is 16.4 Å². The average molecular weight is 396 g/mol. The minimum atomic E-state index is -0.283. The Kier molecular flexibility index (Phi) is 6.40. The molecule has 1 N–H and O–H groups in total. The molecule has 28 heavy (non-hydrogen) atoms. The Hall–Kier alpha value is -3.18. The average Bonchev–Trinajstić information content (AvgIpc) is 2.70. The zero-order chi connectivity index (χ0) is 19.9. The van der Waals surface area contributed by atoms with Crippen molar-refractivity contribution < 1.29 is 9.18 Å². The fourth-order valence-electron chi connectivity index (χ4n) is 2.67. The zero-order valence-corrected chi connectivity index (χ0v) is 16.0. The Morgan fingerprint density at radius 1 is 1.07 bits per heavy atom. The molecule has 3 rings (SSSR count). The van der Waals surface area contributed by atoms with Crippen molar-refractivity contribution in [2.45, 2.75) is 6.92 Å². The van der Waals surface area contributed by atoms with Gasteiger partial charge in [0.25, 0.3) is 5.91 Å². The van der Waals surface area contributed by atoms with Crippen molar-refractivity contribution in [3.63, 3.8) is 0 Å². The number of amides is 1. The zero-order valence-electron chi connectivity index (χ0n) is 15.3. The van der Waals surface area contributed by atoms with Crippen LogP contribution in [0, 0.1) is 12.7 Å². The lowest BCUT2D eigenvalue weighted by atomic mass is 10.1. The number of aryl methyl sites for hydroxylation is 1. The molecular formula is C22H19ClFN3O. The van der Waals surface area contributed by atoms with E-state index in [9.17, 15) is 9.18 Å². The van der Waals surface area contributed by atoms with E-state index in [2.05, 4.69) is 10.5 Å². The molecule has 3 aromatic carbocycles. The number of para-hydroxylation sites is 1. The number of hydrogen-bond acceptors (Lipinski definition) is 3. The first-order valence-corrected chi connectivity index (χ1v) is 9.07. The summed E-state index contributed by atoms with van der Waals surface area (Å²) in [6.45, 7) is 1.75. The minimum Gasteiger partial charge on any atom is -0.332 e. The quantitative estimate of drug-likeness (QED) is 0.467. The molecule has 0 aliphatic heterocycles. The van der Waals surface area contributed by atoms with Gasteiger partial charge in [-0.3, -0.25) is 4.79 Å². The molecule has 4 nitrogen and oxygen atoms in total. The number of halogens is 2. The molecule has 0 saturated heterocycles. The van der Waals surface area contributed by atoms with E-state index in [0.717, 1.165) is 11.4 Å². The molecule has 0 saturated carbocycles. The Labute approximate surface area is 168 Å². The number of benzene rings is 3. The van der Waals surface area contributed by atoms with Gasteiger partial charge >= 0.3 is 0 Å². The van der Waals surface area contributed by atoms with Gasteiger partial charge in [0.1, 0.15) is 12.4 Å². The fourth-order valence-corrected chi connectivity index (χ4v) is 2.79. The molecule has 0 aromatic heterocycles. The van der Waals surface area contributed by atoms with Crippen molar-refractivity contribution in [3.8, 4) is 0 Å². The van der Waals surface area contributed by atoms with Crippen LogP contribution < -0.4 is 10.3 Å². The Morgan fingerprint density at radius 2 is 1.75 bits per heavy atom. The number of carbonyl (C=O) groups is 1. The van der Waals surface area contributed by atoms with Gasteiger partial charge in [0.15, 0.2) is 0 Å².